The topological polar surface area (TPSA) is 94.1 Å². The van der Waals surface area contributed by atoms with Crippen molar-refractivity contribution in [2.75, 3.05) is 11.8 Å². The van der Waals surface area contributed by atoms with Gasteiger partial charge in [0, 0.05) is 28.9 Å². The summed E-state index contributed by atoms with van der Waals surface area (Å²) in [5.74, 6) is 0.553. The van der Waals surface area contributed by atoms with E-state index in [2.05, 4.69) is 19.7 Å². The predicted octanol–water partition coefficient (Wildman–Crippen LogP) is 5.32. The van der Waals surface area contributed by atoms with Crippen LogP contribution >= 0.6 is 0 Å². The number of rotatable bonds is 7. The zero-order valence-electron chi connectivity index (χ0n) is 18.1. The number of nitrogens with zero attached hydrogens (tertiary/aromatic N) is 3. The summed E-state index contributed by atoms with van der Waals surface area (Å²) < 4.78 is 60.9. The van der Waals surface area contributed by atoms with Gasteiger partial charge in [-0.15, -0.1) is 0 Å². The van der Waals surface area contributed by atoms with Crippen molar-refractivity contribution < 1.29 is 21.9 Å². The molecule has 0 aliphatic heterocycles. The number of aromatic nitrogens is 3. The molecule has 10 heteroatoms. The Morgan fingerprint density at radius 3 is 2.56 bits per heavy atom. The second-order valence-electron chi connectivity index (χ2n) is 8.00. The van der Waals surface area contributed by atoms with Gasteiger partial charge in [0.25, 0.3) is 16.4 Å². The van der Waals surface area contributed by atoms with Crippen molar-refractivity contribution in [3.63, 3.8) is 0 Å². The second kappa shape index (κ2) is 8.60. The Bertz CT molecular complexity index is 1480. The fourth-order valence-corrected chi connectivity index (χ4v) is 5.03. The maximum absolute atomic E-state index is 13.7. The lowest BCUT2D eigenvalue weighted by atomic mass is 9.95. The Kier molecular flexibility index (Phi) is 5.60. The van der Waals surface area contributed by atoms with Gasteiger partial charge in [-0.05, 0) is 66.1 Å². The highest BCUT2D eigenvalue weighted by atomic mass is 32.2. The Balaban J connectivity index is 1.60. The van der Waals surface area contributed by atoms with Crippen LogP contribution in [0.25, 0.3) is 22.0 Å². The second-order valence-corrected chi connectivity index (χ2v) is 9.68. The molecule has 2 aromatic carbocycles. The van der Waals surface area contributed by atoms with Gasteiger partial charge < -0.3 is 4.74 Å². The number of fused-ring (bicyclic) bond motifs is 1. The average molecular weight is 483 g/mol. The number of hydrogen-bond acceptors (Lipinski definition) is 6. The molecule has 0 saturated heterocycles. The maximum Gasteiger partial charge on any atom is 0.264 e. The van der Waals surface area contributed by atoms with Crippen LogP contribution < -0.4 is 9.46 Å². The number of halogens is 2. The third-order valence-electron chi connectivity index (χ3n) is 5.78. The minimum atomic E-state index is -3.89. The smallest absolute Gasteiger partial charge is 0.264 e. The lowest BCUT2D eigenvalue weighted by Crippen LogP contribution is -2.13. The van der Waals surface area contributed by atoms with E-state index in [1.165, 1.54) is 43.9 Å². The third kappa shape index (κ3) is 4.16. The molecule has 1 N–H and O–H groups in total. The van der Waals surface area contributed by atoms with E-state index in [0.717, 1.165) is 12.8 Å². The van der Waals surface area contributed by atoms with Gasteiger partial charge >= 0.3 is 0 Å². The van der Waals surface area contributed by atoms with E-state index in [4.69, 9.17) is 4.74 Å². The largest absolute Gasteiger partial charge is 0.496 e. The fraction of sp³-hybridized carbons (Fsp3) is 0.208. The van der Waals surface area contributed by atoms with Crippen LogP contribution in [0.5, 0.6) is 5.75 Å². The number of alkyl halides is 2. The van der Waals surface area contributed by atoms with Crippen molar-refractivity contribution in [1.82, 2.24) is 15.0 Å². The molecule has 0 atom stereocenters. The van der Waals surface area contributed by atoms with Crippen molar-refractivity contribution in [1.29, 1.82) is 0 Å². The average Bonchev–Trinajstić information content (AvgIpc) is 3.68. The zero-order valence-corrected chi connectivity index (χ0v) is 18.9. The van der Waals surface area contributed by atoms with Crippen molar-refractivity contribution in [3.8, 4) is 17.0 Å². The van der Waals surface area contributed by atoms with Gasteiger partial charge in [0.15, 0.2) is 0 Å². The first-order valence-corrected chi connectivity index (χ1v) is 12.0. The molecule has 1 fully saturated rings. The zero-order chi connectivity index (χ0) is 23.9. The molecule has 1 aliphatic carbocycles. The third-order valence-corrected chi connectivity index (χ3v) is 7.13. The summed E-state index contributed by atoms with van der Waals surface area (Å²) in [7, 11) is -2.46. The lowest BCUT2D eigenvalue weighted by Gasteiger charge is -2.16. The molecule has 0 spiro atoms. The molecule has 34 heavy (non-hydrogen) atoms. The minimum absolute atomic E-state index is 0.0208. The summed E-state index contributed by atoms with van der Waals surface area (Å²) in [6, 6.07) is 10.9. The summed E-state index contributed by atoms with van der Waals surface area (Å²) in [6.45, 7) is 0. The maximum atomic E-state index is 13.7. The first-order chi connectivity index (χ1) is 16.4. The van der Waals surface area contributed by atoms with Gasteiger partial charge in [0.1, 0.15) is 17.9 Å². The predicted molar refractivity (Wildman–Crippen MR) is 124 cm³/mol. The number of methoxy groups -OCH3 is 1. The number of nitrogens with one attached hydrogen (secondary N) is 1. The number of anilines is 1. The van der Waals surface area contributed by atoms with E-state index >= 15 is 0 Å². The fourth-order valence-electron chi connectivity index (χ4n) is 3.99. The van der Waals surface area contributed by atoms with Gasteiger partial charge in [-0.1, -0.05) is 6.07 Å². The number of pyridine rings is 1. The summed E-state index contributed by atoms with van der Waals surface area (Å²) in [4.78, 5) is 12.2. The molecule has 0 unspecified atom stereocenters. The van der Waals surface area contributed by atoms with Crippen molar-refractivity contribution >= 4 is 26.6 Å². The lowest BCUT2D eigenvalue weighted by molar-refractivity contribution is 0.150. The van der Waals surface area contributed by atoms with Crippen molar-refractivity contribution in [2.24, 2.45) is 0 Å². The van der Waals surface area contributed by atoms with Crippen LogP contribution in [0.2, 0.25) is 0 Å². The molecule has 0 radical (unpaired) electrons. The Morgan fingerprint density at radius 2 is 1.88 bits per heavy atom. The molecule has 1 saturated carbocycles. The molecule has 1 aliphatic rings. The molecule has 0 amide bonds. The van der Waals surface area contributed by atoms with Crippen LogP contribution in [0.3, 0.4) is 0 Å². The summed E-state index contributed by atoms with van der Waals surface area (Å²) in [5.41, 5.74) is 1.71. The Morgan fingerprint density at radius 1 is 1.06 bits per heavy atom. The van der Waals surface area contributed by atoms with Gasteiger partial charge in [0.05, 0.1) is 17.7 Å². The molecule has 4 aromatic rings. The highest BCUT2D eigenvalue weighted by Gasteiger charge is 2.31. The van der Waals surface area contributed by atoms with E-state index in [9.17, 15) is 17.2 Å². The molecule has 5 rings (SSSR count). The molecule has 2 heterocycles. The number of ether oxygens (including phenoxy) is 1. The summed E-state index contributed by atoms with van der Waals surface area (Å²) in [5, 5.41) is 1.30. The van der Waals surface area contributed by atoms with Crippen LogP contribution in [0.4, 0.5) is 14.6 Å². The summed E-state index contributed by atoms with van der Waals surface area (Å²) in [6.07, 6.45) is 3.38. The van der Waals surface area contributed by atoms with E-state index < -0.39 is 16.4 Å². The number of sulfonamides is 1. The molecular formula is C24H20F2N4O3S. The van der Waals surface area contributed by atoms with Crippen LogP contribution in [0.15, 0.2) is 66.1 Å². The highest BCUT2D eigenvalue weighted by Crippen LogP contribution is 2.47. The van der Waals surface area contributed by atoms with Gasteiger partial charge in [-0.2, -0.15) is 0 Å². The van der Waals surface area contributed by atoms with Crippen molar-refractivity contribution in [3.05, 3.63) is 72.3 Å². The molecule has 0 bridgehead atoms. The monoisotopic (exact) mass is 482 g/mol. The molecule has 2 aromatic heterocycles. The number of benzene rings is 2. The molecule has 174 valence electrons. The normalized spacial score (nSPS) is 13.9. The Hall–Kier alpha value is -3.66. The van der Waals surface area contributed by atoms with Gasteiger partial charge in [-0.3, -0.25) is 9.71 Å². The van der Waals surface area contributed by atoms with Crippen LogP contribution in [-0.4, -0.2) is 30.5 Å². The Labute approximate surface area is 194 Å². The van der Waals surface area contributed by atoms with E-state index in [1.807, 2.05) is 0 Å². The quantitative estimate of drug-likeness (QED) is 0.383. The van der Waals surface area contributed by atoms with Gasteiger partial charge in [-0.25, -0.2) is 27.2 Å². The van der Waals surface area contributed by atoms with E-state index in [-0.39, 0.29) is 22.2 Å². The SMILES string of the molecule is COc1cc(C(F)F)c(C2CC2)cc1-c1nccc2cc(S(=O)(=O)Nc3ccncn3)ccc12. The first kappa shape index (κ1) is 22.1. The van der Waals surface area contributed by atoms with Gasteiger partial charge in [0.2, 0.25) is 0 Å². The molecular weight excluding hydrogens is 462 g/mol. The van der Waals surface area contributed by atoms with Crippen molar-refractivity contribution in [2.45, 2.75) is 30.1 Å². The van der Waals surface area contributed by atoms with Crippen LogP contribution in [0, 0.1) is 0 Å². The van der Waals surface area contributed by atoms with E-state index in [0.29, 0.717) is 33.3 Å². The minimum Gasteiger partial charge on any atom is -0.496 e. The first-order valence-electron chi connectivity index (χ1n) is 10.6. The molecule has 7 nitrogen and oxygen atoms in total. The standard InChI is InChI=1S/C24H20F2N4O3S/c1-33-21-12-19(24(25)26)18(14-2-3-14)11-20(21)23-17-5-4-16(10-15(17)6-9-28-23)34(31,32)30-22-7-8-27-13-29-22/h4-14,24H,2-3H2,1H3,(H,27,29,30). The van der Waals surface area contributed by atoms with Crippen LogP contribution in [0.1, 0.15) is 36.3 Å². The summed E-state index contributed by atoms with van der Waals surface area (Å²) >= 11 is 0. The van der Waals surface area contributed by atoms with Crippen LogP contribution in [-0.2, 0) is 10.0 Å². The number of hydrogen-bond donors (Lipinski definition) is 1. The highest BCUT2D eigenvalue weighted by molar-refractivity contribution is 7.92. The van der Waals surface area contributed by atoms with E-state index in [1.54, 1.807) is 24.4 Å².